The second-order valence-corrected chi connectivity index (χ2v) is 6.75. The molecule has 21 heavy (non-hydrogen) atoms. The van der Waals surface area contributed by atoms with E-state index in [9.17, 15) is 4.79 Å². The van der Waals surface area contributed by atoms with Gasteiger partial charge in [0.1, 0.15) is 0 Å². The molecule has 0 aromatic rings. The predicted octanol–water partition coefficient (Wildman–Crippen LogP) is 4.10. The van der Waals surface area contributed by atoms with Crippen molar-refractivity contribution in [2.45, 2.75) is 84.5 Å². The van der Waals surface area contributed by atoms with Crippen LogP contribution >= 0.6 is 0 Å². The fourth-order valence-corrected chi connectivity index (χ4v) is 3.49. The average Bonchev–Trinajstić information content (AvgIpc) is 2.53. The molecule has 0 radical (unpaired) electrons. The van der Waals surface area contributed by atoms with Crippen LogP contribution in [-0.2, 0) is 4.79 Å². The van der Waals surface area contributed by atoms with Crippen molar-refractivity contribution in [3.05, 3.63) is 0 Å². The van der Waals surface area contributed by atoms with Gasteiger partial charge in [-0.15, -0.1) is 0 Å². The Morgan fingerprint density at radius 2 is 1.48 bits per heavy atom. The molecule has 3 nitrogen and oxygen atoms in total. The highest BCUT2D eigenvalue weighted by atomic mass is 16.2. The topological polar surface area (TPSA) is 46.3 Å². The van der Waals surface area contributed by atoms with Crippen LogP contribution in [0.4, 0.5) is 0 Å². The third-order valence-electron chi connectivity index (χ3n) is 5.01. The molecule has 124 valence electrons. The Bertz CT molecular complexity index is 275. The summed E-state index contributed by atoms with van der Waals surface area (Å²) in [5, 5.41) is 0. The Morgan fingerprint density at radius 1 is 0.952 bits per heavy atom. The summed E-state index contributed by atoms with van der Waals surface area (Å²) in [6.45, 7) is 6.82. The summed E-state index contributed by atoms with van der Waals surface area (Å²) in [6, 6.07) is 0. The minimum atomic E-state index is -0.239. The lowest BCUT2D eigenvalue weighted by atomic mass is 9.73. The molecule has 0 aromatic carbocycles. The lowest BCUT2D eigenvalue weighted by molar-refractivity contribution is -0.143. The molecule has 2 N–H and O–H groups in total. The van der Waals surface area contributed by atoms with Crippen LogP contribution in [0.1, 0.15) is 84.5 Å². The molecule has 1 amide bonds. The van der Waals surface area contributed by atoms with E-state index in [4.69, 9.17) is 5.73 Å². The molecule has 1 aliphatic rings. The fourth-order valence-electron chi connectivity index (χ4n) is 3.49. The molecule has 0 unspecified atom stereocenters. The Kier molecular flexibility index (Phi) is 8.98. The van der Waals surface area contributed by atoms with Crippen LogP contribution in [0.3, 0.4) is 0 Å². The lowest BCUT2D eigenvalue weighted by Gasteiger charge is -2.39. The van der Waals surface area contributed by atoms with Gasteiger partial charge in [0.05, 0.1) is 5.41 Å². The molecule has 1 aliphatic carbocycles. The molecule has 0 atom stereocenters. The number of unbranched alkanes of at least 4 members (excludes halogenated alkanes) is 4. The first kappa shape index (κ1) is 18.5. The maximum Gasteiger partial charge on any atom is 0.230 e. The predicted molar refractivity (Wildman–Crippen MR) is 90.2 cm³/mol. The van der Waals surface area contributed by atoms with Crippen molar-refractivity contribution in [3.8, 4) is 0 Å². The van der Waals surface area contributed by atoms with Crippen molar-refractivity contribution in [2.24, 2.45) is 11.1 Å². The number of hydrogen-bond donors (Lipinski definition) is 1. The van der Waals surface area contributed by atoms with Gasteiger partial charge in [0.2, 0.25) is 5.91 Å². The highest BCUT2D eigenvalue weighted by Gasteiger charge is 2.40. The largest absolute Gasteiger partial charge is 0.342 e. The van der Waals surface area contributed by atoms with Gasteiger partial charge in [0, 0.05) is 19.6 Å². The maximum atomic E-state index is 13.1. The van der Waals surface area contributed by atoms with Gasteiger partial charge in [-0.1, -0.05) is 58.8 Å². The van der Waals surface area contributed by atoms with Crippen LogP contribution in [0.2, 0.25) is 0 Å². The quantitative estimate of drug-likeness (QED) is 0.617. The summed E-state index contributed by atoms with van der Waals surface area (Å²) in [6.07, 6.45) is 12.7. The van der Waals surface area contributed by atoms with Crippen molar-refractivity contribution < 1.29 is 4.79 Å². The summed E-state index contributed by atoms with van der Waals surface area (Å²) in [4.78, 5) is 15.2. The Balaban J connectivity index is 2.65. The lowest BCUT2D eigenvalue weighted by Crippen LogP contribution is -2.49. The van der Waals surface area contributed by atoms with E-state index in [2.05, 4.69) is 18.7 Å². The molecule has 1 saturated carbocycles. The third kappa shape index (κ3) is 5.61. The van der Waals surface area contributed by atoms with Crippen molar-refractivity contribution in [2.75, 3.05) is 19.6 Å². The Labute approximate surface area is 131 Å². The van der Waals surface area contributed by atoms with E-state index in [0.717, 1.165) is 38.8 Å². The second kappa shape index (κ2) is 10.2. The van der Waals surface area contributed by atoms with Gasteiger partial charge in [0.25, 0.3) is 0 Å². The fraction of sp³-hybridized carbons (Fsp3) is 0.944. The highest BCUT2D eigenvalue weighted by molar-refractivity contribution is 5.83. The minimum absolute atomic E-state index is 0.239. The normalized spacial score (nSPS) is 17.7. The molecule has 1 rings (SSSR count). The highest BCUT2D eigenvalue weighted by Crippen LogP contribution is 2.37. The zero-order chi connectivity index (χ0) is 15.6. The van der Waals surface area contributed by atoms with Crippen LogP contribution in [0.25, 0.3) is 0 Å². The summed E-state index contributed by atoms with van der Waals surface area (Å²) < 4.78 is 0. The number of hydrogen-bond acceptors (Lipinski definition) is 2. The minimum Gasteiger partial charge on any atom is -0.342 e. The van der Waals surface area contributed by atoms with Crippen LogP contribution in [0.15, 0.2) is 0 Å². The van der Waals surface area contributed by atoms with E-state index in [0.29, 0.717) is 12.5 Å². The number of carbonyl (C=O) groups excluding carboxylic acids is 1. The van der Waals surface area contributed by atoms with Gasteiger partial charge in [-0.05, 0) is 25.7 Å². The monoisotopic (exact) mass is 296 g/mol. The molecule has 0 bridgehead atoms. The summed E-state index contributed by atoms with van der Waals surface area (Å²) in [5.41, 5.74) is 5.80. The van der Waals surface area contributed by atoms with E-state index in [-0.39, 0.29) is 5.41 Å². The number of carbonyl (C=O) groups is 1. The maximum absolute atomic E-state index is 13.1. The van der Waals surface area contributed by atoms with Crippen LogP contribution < -0.4 is 5.73 Å². The van der Waals surface area contributed by atoms with Crippen LogP contribution in [-0.4, -0.2) is 30.4 Å². The Morgan fingerprint density at radius 3 is 1.90 bits per heavy atom. The van der Waals surface area contributed by atoms with Crippen molar-refractivity contribution >= 4 is 5.91 Å². The van der Waals surface area contributed by atoms with E-state index in [1.54, 1.807) is 0 Å². The molecule has 3 heteroatoms. The molecule has 0 aliphatic heterocycles. The first-order valence-corrected chi connectivity index (χ1v) is 9.19. The molecule has 0 aromatic heterocycles. The summed E-state index contributed by atoms with van der Waals surface area (Å²) in [5.74, 6) is 0.358. The molecular formula is C18H36N2O. The average molecular weight is 296 g/mol. The number of nitrogens with zero attached hydrogens (tertiary/aromatic N) is 1. The van der Waals surface area contributed by atoms with Crippen LogP contribution in [0.5, 0.6) is 0 Å². The van der Waals surface area contributed by atoms with Crippen LogP contribution in [0, 0.1) is 5.41 Å². The van der Waals surface area contributed by atoms with Gasteiger partial charge in [0.15, 0.2) is 0 Å². The van der Waals surface area contributed by atoms with Gasteiger partial charge in [-0.3, -0.25) is 4.79 Å². The molecule has 0 spiro atoms. The van der Waals surface area contributed by atoms with Gasteiger partial charge >= 0.3 is 0 Å². The SMILES string of the molecule is CCCCCN(CCCCC)C(=O)C1(CN)CCCCC1. The standard InChI is InChI=1S/C18H36N2O/c1-3-5-10-14-20(15-11-6-4-2)17(21)18(16-19)12-8-7-9-13-18/h3-16,19H2,1-2H3. The molecular weight excluding hydrogens is 260 g/mol. The Hall–Kier alpha value is -0.570. The summed E-state index contributed by atoms with van der Waals surface area (Å²) in [7, 11) is 0. The summed E-state index contributed by atoms with van der Waals surface area (Å²) >= 11 is 0. The zero-order valence-corrected chi connectivity index (χ0v) is 14.3. The first-order valence-electron chi connectivity index (χ1n) is 9.19. The van der Waals surface area contributed by atoms with Gasteiger partial charge in [-0.2, -0.15) is 0 Å². The smallest absolute Gasteiger partial charge is 0.230 e. The van der Waals surface area contributed by atoms with Crippen molar-refractivity contribution in [3.63, 3.8) is 0 Å². The van der Waals surface area contributed by atoms with E-state index in [1.165, 1.54) is 44.9 Å². The molecule has 1 fully saturated rings. The third-order valence-corrected chi connectivity index (χ3v) is 5.01. The van der Waals surface area contributed by atoms with E-state index < -0.39 is 0 Å². The number of nitrogens with two attached hydrogens (primary N) is 1. The molecule has 0 heterocycles. The van der Waals surface area contributed by atoms with Gasteiger partial charge in [-0.25, -0.2) is 0 Å². The van der Waals surface area contributed by atoms with Crippen molar-refractivity contribution in [1.29, 1.82) is 0 Å². The zero-order valence-electron chi connectivity index (χ0n) is 14.3. The molecule has 0 saturated heterocycles. The van der Waals surface area contributed by atoms with E-state index >= 15 is 0 Å². The van der Waals surface area contributed by atoms with Gasteiger partial charge < -0.3 is 10.6 Å². The second-order valence-electron chi connectivity index (χ2n) is 6.75. The number of rotatable bonds is 10. The number of amides is 1. The van der Waals surface area contributed by atoms with E-state index in [1.807, 2.05) is 0 Å². The first-order chi connectivity index (χ1) is 10.2. The van der Waals surface area contributed by atoms with Crippen molar-refractivity contribution in [1.82, 2.24) is 4.90 Å².